The molecule has 1 aliphatic rings. The predicted octanol–water partition coefficient (Wildman–Crippen LogP) is 2.99. The number of nitrogens with one attached hydrogen (secondary N) is 1. The molecule has 5 heteroatoms. The van der Waals surface area contributed by atoms with Crippen molar-refractivity contribution in [3.8, 4) is 5.75 Å². The van der Waals surface area contributed by atoms with E-state index in [1.165, 1.54) is 0 Å². The zero-order valence-electron chi connectivity index (χ0n) is 15.0. The molecule has 0 spiro atoms. The van der Waals surface area contributed by atoms with Gasteiger partial charge < -0.3 is 15.0 Å². The molecule has 2 amide bonds. The standard InChI is InChI=1S/C19H28N2O3/c1-5-13(2)19(23)20-12-18(22)21(14(3)15-6-7-15)16-8-10-17(24-4)11-9-16/h8-11,13-15H,5-7,12H2,1-4H3,(H,20,23)/t13-,14+/m1/s1. The van der Waals surface area contributed by atoms with Crippen LogP contribution in [0.25, 0.3) is 0 Å². The first-order valence-electron chi connectivity index (χ1n) is 8.71. The maximum Gasteiger partial charge on any atom is 0.246 e. The fraction of sp³-hybridized carbons (Fsp3) is 0.579. The van der Waals surface area contributed by atoms with Crippen LogP contribution in [0.3, 0.4) is 0 Å². The van der Waals surface area contributed by atoms with Gasteiger partial charge in [0.2, 0.25) is 11.8 Å². The van der Waals surface area contributed by atoms with E-state index < -0.39 is 0 Å². The molecule has 0 unspecified atom stereocenters. The van der Waals surface area contributed by atoms with Gasteiger partial charge in [-0.15, -0.1) is 0 Å². The molecule has 0 bridgehead atoms. The number of nitrogens with zero attached hydrogens (tertiary/aromatic N) is 1. The van der Waals surface area contributed by atoms with E-state index >= 15 is 0 Å². The molecule has 1 aromatic rings. The molecule has 1 fully saturated rings. The van der Waals surface area contributed by atoms with Crippen molar-refractivity contribution >= 4 is 17.5 Å². The molecular formula is C19H28N2O3. The number of methoxy groups -OCH3 is 1. The molecule has 1 aromatic carbocycles. The Labute approximate surface area is 144 Å². The lowest BCUT2D eigenvalue weighted by atomic mass is 10.1. The van der Waals surface area contributed by atoms with Crippen molar-refractivity contribution in [1.29, 1.82) is 0 Å². The second kappa shape index (κ2) is 8.18. The van der Waals surface area contributed by atoms with E-state index in [4.69, 9.17) is 4.74 Å². The zero-order valence-corrected chi connectivity index (χ0v) is 15.0. The van der Waals surface area contributed by atoms with Crippen LogP contribution < -0.4 is 15.0 Å². The van der Waals surface area contributed by atoms with Gasteiger partial charge in [0.15, 0.2) is 0 Å². The van der Waals surface area contributed by atoms with E-state index in [0.717, 1.165) is 30.7 Å². The van der Waals surface area contributed by atoms with Crippen molar-refractivity contribution in [2.75, 3.05) is 18.6 Å². The van der Waals surface area contributed by atoms with Crippen molar-refractivity contribution in [2.24, 2.45) is 11.8 Å². The average molecular weight is 332 g/mol. The quantitative estimate of drug-likeness (QED) is 0.796. The van der Waals surface area contributed by atoms with Crippen LogP contribution in [-0.4, -0.2) is 31.5 Å². The van der Waals surface area contributed by atoms with Crippen LogP contribution in [0.1, 0.15) is 40.0 Å². The first-order valence-corrected chi connectivity index (χ1v) is 8.71. The Morgan fingerprint density at radius 1 is 1.25 bits per heavy atom. The fourth-order valence-corrected chi connectivity index (χ4v) is 2.75. The minimum atomic E-state index is -0.0758. The number of ether oxygens (including phenoxy) is 1. The molecule has 2 rings (SSSR count). The van der Waals surface area contributed by atoms with Gasteiger partial charge in [0.25, 0.3) is 0 Å². The molecule has 24 heavy (non-hydrogen) atoms. The van der Waals surface area contributed by atoms with Gasteiger partial charge in [0, 0.05) is 17.6 Å². The van der Waals surface area contributed by atoms with Gasteiger partial charge in [0.1, 0.15) is 5.75 Å². The Morgan fingerprint density at radius 2 is 1.88 bits per heavy atom. The van der Waals surface area contributed by atoms with Crippen molar-refractivity contribution < 1.29 is 14.3 Å². The van der Waals surface area contributed by atoms with Crippen molar-refractivity contribution in [1.82, 2.24) is 5.32 Å². The van der Waals surface area contributed by atoms with Crippen molar-refractivity contribution in [3.05, 3.63) is 24.3 Å². The number of amides is 2. The molecule has 1 saturated carbocycles. The largest absolute Gasteiger partial charge is 0.497 e. The molecule has 1 aliphatic carbocycles. The van der Waals surface area contributed by atoms with E-state index in [1.54, 1.807) is 7.11 Å². The second-order valence-electron chi connectivity index (χ2n) is 6.57. The third-order valence-electron chi connectivity index (χ3n) is 4.80. The minimum Gasteiger partial charge on any atom is -0.497 e. The van der Waals surface area contributed by atoms with Crippen LogP contribution in [0.15, 0.2) is 24.3 Å². The highest BCUT2D eigenvalue weighted by Gasteiger charge is 2.35. The Balaban J connectivity index is 2.10. The van der Waals surface area contributed by atoms with Gasteiger partial charge in [-0.05, 0) is 56.4 Å². The number of benzene rings is 1. The average Bonchev–Trinajstić information content (AvgIpc) is 3.44. The summed E-state index contributed by atoms with van der Waals surface area (Å²) >= 11 is 0. The summed E-state index contributed by atoms with van der Waals surface area (Å²) in [6.07, 6.45) is 3.07. The molecule has 0 saturated heterocycles. The van der Waals surface area contributed by atoms with Gasteiger partial charge in [-0.1, -0.05) is 13.8 Å². The topological polar surface area (TPSA) is 58.6 Å². The zero-order chi connectivity index (χ0) is 17.7. The summed E-state index contributed by atoms with van der Waals surface area (Å²) in [5.74, 6) is 1.08. The highest BCUT2D eigenvalue weighted by Crippen LogP contribution is 2.37. The molecule has 5 nitrogen and oxygen atoms in total. The van der Waals surface area contributed by atoms with E-state index in [1.807, 2.05) is 43.0 Å². The number of carbonyl (C=O) groups is 2. The molecular weight excluding hydrogens is 304 g/mol. The summed E-state index contributed by atoms with van der Waals surface area (Å²) in [7, 11) is 1.62. The lowest BCUT2D eigenvalue weighted by Gasteiger charge is -2.30. The number of hydrogen-bond acceptors (Lipinski definition) is 3. The maximum absolute atomic E-state index is 12.8. The molecule has 0 heterocycles. The molecule has 0 radical (unpaired) electrons. The molecule has 0 aromatic heterocycles. The lowest BCUT2D eigenvalue weighted by molar-refractivity contribution is -0.127. The monoisotopic (exact) mass is 332 g/mol. The number of carbonyl (C=O) groups excluding carboxylic acids is 2. The number of anilines is 1. The van der Waals surface area contributed by atoms with Crippen LogP contribution in [0.2, 0.25) is 0 Å². The summed E-state index contributed by atoms with van der Waals surface area (Å²) in [4.78, 5) is 26.5. The van der Waals surface area contributed by atoms with Crippen LogP contribution in [-0.2, 0) is 9.59 Å². The highest BCUT2D eigenvalue weighted by molar-refractivity contribution is 5.97. The van der Waals surface area contributed by atoms with Crippen LogP contribution in [0, 0.1) is 11.8 Å². The molecule has 0 aliphatic heterocycles. The lowest BCUT2D eigenvalue weighted by Crippen LogP contribution is -2.46. The van der Waals surface area contributed by atoms with Gasteiger partial charge >= 0.3 is 0 Å². The predicted molar refractivity (Wildman–Crippen MR) is 95.1 cm³/mol. The first kappa shape index (κ1) is 18.3. The smallest absolute Gasteiger partial charge is 0.246 e. The molecule has 1 N–H and O–H groups in total. The first-order chi connectivity index (χ1) is 11.5. The van der Waals surface area contributed by atoms with E-state index in [-0.39, 0.29) is 30.3 Å². The van der Waals surface area contributed by atoms with Gasteiger partial charge in [-0.3, -0.25) is 9.59 Å². The third kappa shape index (κ3) is 4.49. The van der Waals surface area contributed by atoms with Crippen LogP contribution in [0.4, 0.5) is 5.69 Å². The molecule has 2 atom stereocenters. The van der Waals surface area contributed by atoms with E-state index in [9.17, 15) is 9.59 Å². The van der Waals surface area contributed by atoms with Gasteiger partial charge in [-0.25, -0.2) is 0 Å². The fourth-order valence-electron chi connectivity index (χ4n) is 2.75. The Kier molecular flexibility index (Phi) is 6.23. The third-order valence-corrected chi connectivity index (χ3v) is 4.80. The maximum atomic E-state index is 12.8. The Bertz CT molecular complexity index is 566. The van der Waals surface area contributed by atoms with Gasteiger partial charge in [0.05, 0.1) is 13.7 Å². The number of rotatable bonds is 8. The van der Waals surface area contributed by atoms with Crippen molar-refractivity contribution in [2.45, 2.75) is 46.1 Å². The highest BCUT2D eigenvalue weighted by atomic mass is 16.5. The van der Waals surface area contributed by atoms with Crippen LogP contribution >= 0.6 is 0 Å². The Hall–Kier alpha value is -2.04. The second-order valence-corrected chi connectivity index (χ2v) is 6.57. The number of hydrogen-bond donors (Lipinski definition) is 1. The minimum absolute atomic E-state index is 0.0340. The van der Waals surface area contributed by atoms with Crippen molar-refractivity contribution in [3.63, 3.8) is 0 Å². The molecule has 132 valence electrons. The Morgan fingerprint density at radius 3 is 2.38 bits per heavy atom. The van der Waals surface area contributed by atoms with Crippen LogP contribution in [0.5, 0.6) is 5.75 Å². The summed E-state index contributed by atoms with van der Waals surface area (Å²) in [6.45, 7) is 5.95. The SMILES string of the molecule is CC[C@@H](C)C(=O)NCC(=O)N(c1ccc(OC)cc1)[C@@H](C)C1CC1. The van der Waals surface area contributed by atoms with E-state index in [2.05, 4.69) is 12.2 Å². The summed E-state index contributed by atoms with van der Waals surface area (Å²) in [6, 6.07) is 7.63. The summed E-state index contributed by atoms with van der Waals surface area (Å²) in [5, 5.41) is 2.77. The normalized spacial score (nSPS) is 16.2. The van der Waals surface area contributed by atoms with E-state index in [0.29, 0.717) is 5.92 Å². The summed E-state index contributed by atoms with van der Waals surface area (Å²) in [5.41, 5.74) is 0.845. The summed E-state index contributed by atoms with van der Waals surface area (Å²) < 4.78 is 5.19. The van der Waals surface area contributed by atoms with Gasteiger partial charge in [-0.2, -0.15) is 0 Å².